The summed E-state index contributed by atoms with van der Waals surface area (Å²) in [5.74, 6) is 0. The number of pyridine rings is 2. The van der Waals surface area contributed by atoms with E-state index in [4.69, 9.17) is 0 Å². The van der Waals surface area contributed by atoms with Gasteiger partial charge in [0.15, 0.2) is 0 Å². The number of aromatic amines is 1. The van der Waals surface area contributed by atoms with E-state index in [1.807, 2.05) is 25.1 Å². The van der Waals surface area contributed by atoms with Crippen molar-refractivity contribution in [3.8, 4) is 6.07 Å². The molecule has 0 atom stereocenters. The van der Waals surface area contributed by atoms with E-state index in [9.17, 15) is 10.1 Å². The van der Waals surface area contributed by atoms with Gasteiger partial charge in [0.2, 0.25) is 0 Å². The monoisotopic (exact) mass is 280 g/mol. The quantitative estimate of drug-likeness (QED) is 0.905. The summed E-state index contributed by atoms with van der Waals surface area (Å²) in [6.07, 6.45) is 4.33. The topological polar surface area (TPSA) is 72.8 Å². The van der Waals surface area contributed by atoms with Crippen molar-refractivity contribution >= 4 is 0 Å². The molecule has 0 bridgehead atoms. The van der Waals surface area contributed by atoms with Crippen LogP contribution in [0.3, 0.4) is 0 Å². The number of aromatic nitrogens is 2. The van der Waals surface area contributed by atoms with Crippen LogP contribution in [-0.2, 0) is 19.5 Å². The van der Waals surface area contributed by atoms with Crippen LogP contribution in [0.4, 0.5) is 0 Å². The van der Waals surface area contributed by atoms with E-state index in [0.717, 1.165) is 42.9 Å². The van der Waals surface area contributed by atoms with Gasteiger partial charge in [-0.3, -0.25) is 14.7 Å². The Kier molecular flexibility index (Phi) is 3.55. The molecule has 106 valence electrons. The SMILES string of the molecule is Cc1[nH]c(=O)c(C#N)c2c1CN(Cc1ccncc1)CC2. The van der Waals surface area contributed by atoms with Crippen molar-refractivity contribution in [3.05, 3.63) is 62.8 Å². The fourth-order valence-electron chi connectivity index (χ4n) is 2.88. The van der Waals surface area contributed by atoms with Crippen molar-refractivity contribution in [3.63, 3.8) is 0 Å². The van der Waals surface area contributed by atoms with Gasteiger partial charge < -0.3 is 4.98 Å². The number of H-pyrrole nitrogens is 1. The summed E-state index contributed by atoms with van der Waals surface area (Å²) in [5, 5.41) is 9.18. The molecule has 1 N–H and O–H groups in total. The Labute approximate surface area is 122 Å². The molecule has 2 aromatic rings. The molecule has 21 heavy (non-hydrogen) atoms. The van der Waals surface area contributed by atoms with Gasteiger partial charge in [0.05, 0.1) is 0 Å². The maximum Gasteiger partial charge on any atom is 0.266 e. The molecule has 5 heteroatoms. The molecule has 3 heterocycles. The van der Waals surface area contributed by atoms with Gasteiger partial charge in [-0.15, -0.1) is 0 Å². The van der Waals surface area contributed by atoms with E-state index in [-0.39, 0.29) is 11.1 Å². The first-order chi connectivity index (χ1) is 10.2. The Hall–Kier alpha value is -2.45. The zero-order valence-electron chi connectivity index (χ0n) is 11.9. The van der Waals surface area contributed by atoms with Gasteiger partial charge in [0.1, 0.15) is 11.6 Å². The normalized spacial score (nSPS) is 14.5. The van der Waals surface area contributed by atoms with Crippen molar-refractivity contribution in [1.29, 1.82) is 5.26 Å². The van der Waals surface area contributed by atoms with E-state index in [1.165, 1.54) is 5.56 Å². The fourth-order valence-corrected chi connectivity index (χ4v) is 2.88. The Bertz CT molecular complexity index is 758. The second-order valence-electron chi connectivity index (χ2n) is 5.34. The number of hydrogen-bond donors (Lipinski definition) is 1. The number of nitrogens with one attached hydrogen (secondary N) is 1. The van der Waals surface area contributed by atoms with Crippen molar-refractivity contribution in [2.45, 2.75) is 26.4 Å². The zero-order chi connectivity index (χ0) is 14.8. The number of hydrogen-bond acceptors (Lipinski definition) is 4. The smallest absolute Gasteiger partial charge is 0.266 e. The predicted octanol–water partition coefficient (Wildman–Crippen LogP) is 1.51. The number of fused-ring (bicyclic) bond motifs is 1. The standard InChI is InChI=1S/C16H16N4O/c1-11-15-10-20(9-12-2-5-18-6-3-12)7-4-13(15)14(8-17)16(21)19-11/h2-3,5-6H,4,7,9-10H2,1H3,(H,19,21). The molecule has 0 aliphatic carbocycles. The van der Waals surface area contributed by atoms with Crippen LogP contribution in [0.1, 0.15) is 27.9 Å². The highest BCUT2D eigenvalue weighted by Gasteiger charge is 2.22. The summed E-state index contributed by atoms with van der Waals surface area (Å²) in [7, 11) is 0. The van der Waals surface area contributed by atoms with Crippen molar-refractivity contribution in [1.82, 2.24) is 14.9 Å². The minimum Gasteiger partial charge on any atom is -0.325 e. The molecule has 0 fully saturated rings. The Morgan fingerprint density at radius 3 is 2.86 bits per heavy atom. The molecular weight excluding hydrogens is 264 g/mol. The van der Waals surface area contributed by atoms with Gasteiger partial charge in [-0.05, 0) is 42.2 Å². The number of rotatable bonds is 2. The molecule has 5 nitrogen and oxygen atoms in total. The summed E-state index contributed by atoms with van der Waals surface area (Å²) in [5.41, 5.74) is 4.11. The molecule has 3 rings (SSSR count). The molecule has 2 aromatic heterocycles. The van der Waals surface area contributed by atoms with E-state index in [1.54, 1.807) is 12.4 Å². The van der Waals surface area contributed by atoms with Crippen LogP contribution in [0.15, 0.2) is 29.3 Å². The number of nitrogens with zero attached hydrogens (tertiary/aromatic N) is 3. The molecular formula is C16H16N4O. The molecule has 0 unspecified atom stereocenters. The highest BCUT2D eigenvalue weighted by atomic mass is 16.1. The van der Waals surface area contributed by atoms with Crippen LogP contribution in [0, 0.1) is 18.3 Å². The third-order valence-corrected chi connectivity index (χ3v) is 3.97. The van der Waals surface area contributed by atoms with Gasteiger partial charge in [-0.2, -0.15) is 5.26 Å². The second kappa shape index (κ2) is 5.51. The van der Waals surface area contributed by atoms with Gasteiger partial charge in [-0.1, -0.05) is 0 Å². The highest BCUT2D eigenvalue weighted by Crippen LogP contribution is 2.23. The molecule has 0 radical (unpaired) electrons. The van der Waals surface area contributed by atoms with Crippen LogP contribution in [0.2, 0.25) is 0 Å². The molecule has 1 aliphatic heterocycles. The number of nitriles is 1. The Morgan fingerprint density at radius 2 is 2.14 bits per heavy atom. The lowest BCUT2D eigenvalue weighted by atomic mass is 9.94. The minimum atomic E-state index is -0.267. The van der Waals surface area contributed by atoms with E-state index >= 15 is 0 Å². The van der Waals surface area contributed by atoms with E-state index in [2.05, 4.69) is 14.9 Å². The predicted molar refractivity (Wildman–Crippen MR) is 78.6 cm³/mol. The third kappa shape index (κ3) is 2.58. The fraction of sp³-hybridized carbons (Fsp3) is 0.312. The molecule has 0 amide bonds. The molecule has 0 saturated carbocycles. The summed E-state index contributed by atoms with van der Waals surface area (Å²) >= 11 is 0. The highest BCUT2D eigenvalue weighted by molar-refractivity contribution is 5.44. The molecule has 0 spiro atoms. The van der Waals surface area contributed by atoms with Crippen molar-refractivity contribution in [2.24, 2.45) is 0 Å². The summed E-state index contributed by atoms with van der Waals surface area (Å²) in [4.78, 5) is 21.0. The number of aryl methyl sites for hydroxylation is 1. The third-order valence-electron chi connectivity index (χ3n) is 3.97. The Morgan fingerprint density at radius 1 is 1.38 bits per heavy atom. The molecule has 0 aromatic carbocycles. The van der Waals surface area contributed by atoms with Gasteiger partial charge >= 0.3 is 0 Å². The first kappa shape index (κ1) is 13.5. The lowest BCUT2D eigenvalue weighted by Crippen LogP contribution is -2.33. The van der Waals surface area contributed by atoms with Crippen LogP contribution < -0.4 is 5.56 Å². The van der Waals surface area contributed by atoms with E-state index < -0.39 is 0 Å². The Balaban J connectivity index is 1.90. The minimum absolute atomic E-state index is 0.267. The van der Waals surface area contributed by atoms with Crippen LogP contribution in [-0.4, -0.2) is 21.4 Å². The van der Waals surface area contributed by atoms with Gasteiger partial charge in [0.25, 0.3) is 5.56 Å². The van der Waals surface area contributed by atoms with Crippen molar-refractivity contribution in [2.75, 3.05) is 6.54 Å². The first-order valence-electron chi connectivity index (χ1n) is 6.95. The second-order valence-corrected chi connectivity index (χ2v) is 5.34. The largest absolute Gasteiger partial charge is 0.325 e. The van der Waals surface area contributed by atoms with Crippen molar-refractivity contribution < 1.29 is 0 Å². The summed E-state index contributed by atoms with van der Waals surface area (Å²) < 4.78 is 0. The average Bonchev–Trinajstić information content (AvgIpc) is 2.49. The van der Waals surface area contributed by atoms with Gasteiger partial charge in [0, 0.05) is 37.7 Å². The first-order valence-corrected chi connectivity index (χ1v) is 6.95. The molecule has 0 saturated heterocycles. The lowest BCUT2D eigenvalue weighted by Gasteiger charge is -2.30. The van der Waals surface area contributed by atoms with Gasteiger partial charge in [-0.25, -0.2) is 0 Å². The van der Waals surface area contributed by atoms with Crippen LogP contribution in [0.5, 0.6) is 0 Å². The molecule has 1 aliphatic rings. The van der Waals surface area contributed by atoms with E-state index in [0.29, 0.717) is 0 Å². The zero-order valence-corrected chi connectivity index (χ0v) is 11.9. The maximum absolute atomic E-state index is 11.8. The van der Waals surface area contributed by atoms with Crippen LogP contribution in [0.25, 0.3) is 0 Å². The van der Waals surface area contributed by atoms with Crippen LogP contribution >= 0.6 is 0 Å². The lowest BCUT2D eigenvalue weighted by molar-refractivity contribution is 0.244. The summed E-state index contributed by atoms with van der Waals surface area (Å²) in [6, 6.07) is 6.06. The summed E-state index contributed by atoms with van der Waals surface area (Å²) in [6.45, 7) is 4.36. The average molecular weight is 280 g/mol. The maximum atomic E-state index is 11.8.